The van der Waals surface area contributed by atoms with Gasteiger partial charge in [-0.25, -0.2) is 4.79 Å². The summed E-state index contributed by atoms with van der Waals surface area (Å²) < 4.78 is 2.06. The lowest BCUT2D eigenvalue weighted by Gasteiger charge is -2.25. The first-order valence-electron chi connectivity index (χ1n) is 7.29. The molecule has 1 N–H and O–H groups in total. The van der Waals surface area contributed by atoms with Crippen molar-refractivity contribution in [1.82, 2.24) is 14.1 Å². The summed E-state index contributed by atoms with van der Waals surface area (Å²) in [7, 11) is 2.84. The van der Waals surface area contributed by atoms with Gasteiger partial charge in [-0.1, -0.05) is 6.92 Å². The minimum atomic E-state index is -0.547. The van der Waals surface area contributed by atoms with Crippen LogP contribution in [0, 0.1) is 0 Å². The molecule has 2 heterocycles. The van der Waals surface area contributed by atoms with Crippen LogP contribution in [0.1, 0.15) is 38.2 Å². The monoisotopic (exact) mass is 294 g/mol. The van der Waals surface area contributed by atoms with Crippen LogP contribution < -0.4 is 11.2 Å². The quantitative estimate of drug-likeness (QED) is 0.818. The van der Waals surface area contributed by atoms with Crippen molar-refractivity contribution in [2.45, 2.75) is 32.6 Å². The number of hydrogen-bond acceptors (Lipinski definition) is 5. The van der Waals surface area contributed by atoms with E-state index in [1.54, 1.807) is 0 Å². The first-order valence-corrected chi connectivity index (χ1v) is 7.29. The van der Waals surface area contributed by atoms with Gasteiger partial charge in [-0.05, 0) is 25.7 Å². The van der Waals surface area contributed by atoms with Crippen molar-refractivity contribution in [2.24, 2.45) is 19.2 Å². The zero-order chi connectivity index (χ0) is 15.6. The minimum Gasteiger partial charge on any atom is -0.494 e. The second kappa shape index (κ2) is 6.15. The highest BCUT2D eigenvalue weighted by Crippen LogP contribution is 2.15. The molecule has 0 aliphatic carbocycles. The Balaban J connectivity index is 2.55. The van der Waals surface area contributed by atoms with E-state index in [2.05, 4.69) is 5.10 Å². The van der Waals surface area contributed by atoms with E-state index in [-0.39, 0.29) is 11.4 Å². The fourth-order valence-electron chi connectivity index (χ4n) is 2.53. The van der Waals surface area contributed by atoms with Gasteiger partial charge in [0.05, 0.1) is 5.71 Å². The fraction of sp³-hybridized carbons (Fsp3) is 0.643. The van der Waals surface area contributed by atoms with Crippen LogP contribution >= 0.6 is 0 Å². The third-order valence-corrected chi connectivity index (χ3v) is 3.85. The molecule has 1 aromatic heterocycles. The predicted octanol–water partition coefficient (Wildman–Crippen LogP) is 0.390. The van der Waals surface area contributed by atoms with Crippen LogP contribution in [0.2, 0.25) is 0 Å². The molecule has 0 amide bonds. The third kappa shape index (κ3) is 2.86. The zero-order valence-corrected chi connectivity index (χ0v) is 12.8. The Morgan fingerprint density at radius 1 is 1.14 bits per heavy atom. The summed E-state index contributed by atoms with van der Waals surface area (Å²) in [4.78, 5) is 24.1. The van der Waals surface area contributed by atoms with Gasteiger partial charge in [0.2, 0.25) is 5.88 Å². The molecule has 0 unspecified atom stereocenters. The molecule has 1 fully saturated rings. The van der Waals surface area contributed by atoms with Crippen molar-refractivity contribution >= 4 is 5.71 Å². The number of aromatic nitrogens is 2. The van der Waals surface area contributed by atoms with E-state index < -0.39 is 11.2 Å². The average molecular weight is 294 g/mol. The summed E-state index contributed by atoms with van der Waals surface area (Å²) in [5.74, 6) is -0.319. The maximum Gasteiger partial charge on any atom is 0.333 e. The van der Waals surface area contributed by atoms with Gasteiger partial charge in [0, 0.05) is 27.2 Å². The number of piperidine rings is 1. The van der Waals surface area contributed by atoms with Gasteiger partial charge in [-0.3, -0.25) is 18.9 Å². The Bertz CT molecular complexity index is 666. The molecule has 1 aliphatic heterocycles. The molecule has 1 aliphatic rings. The van der Waals surface area contributed by atoms with E-state index in [1.807, 2.05) is 11.9 Å². The number of nitrogens with zero attached hydrogens (tertiary/aromatic N) is 4. The van der Waals surface area contributed by atoms with Crippen LogP contribution in [0.3, 0.4) is 0 Å². The van der Waals surface area contributed by atoms with E-state index in [0.29, 0.717) is 12.1 Å². The van der Waals surface area contributed by atoms with Crippen molar-refractivity contribution in [3.63, 3.8) is 0 Å². The summed E-state index contributed by atoms with van der Waals surface area (Å²) in [6.45, 7) is 3.60. The van der Waals surface area contributed by atoms with Crippen molar-refractivity contribution in [2.75, 3.05) is 13.1 Å². The van der Waals surface area contributed by atoms with Crippen molar-refractivity contribution in [1.29, 1.82) is 0 Å². The van der Waals surface area contributed by atoms with Crippen LogP contribution in [0.15, 0.2) is 14.7 Å². The maximum atomic E-state index is 12.3. The smallest absolute Gasteiger partial charge is 0.333 e. The first kappa shape index (κ1) is 15.3. The molecule has 7 heteroatoms. The highest BCUT2D eigenvalue weighted by molar-refractivity contribution is 6.01. The standard InChI is InChI=1S/C14H22N4O3/c1-4-10(15-18-8-6-5-7-9-18)11-12(19)16(2)14(21)17(3)13(11)20/h19H,4-9H2,1-3H3. The van der Waals surface area contributed by atoms with E-state index in [4.69, 9.17) is 0 Å². The number of aromatic hydroxyl groups is 1. The lowest BCUT2D eigenvalue weighted by atomic mass is 10.1. The van der Waals surface area contributed by atoms with Crippen molar-refractivity contribution in [3.05, 3.63) is 26.4 Å². The number of hydrazone groups is 1. The number of rotatable bonds is 3. The second-order valence-corrected chi connectivity index (χ2v) is 5.32. The third-order valence-electron chi connectivity index (χ3n) is 3.85. The molecule has 0 atom stereocenters. The van der Waals surface area contributed by atoms with Gasteiger partial charge in [0.1, 0.15) is 5.56 Å². The lowest BCUT2D eigenvalue weighted by molar-refractivity contribution is 0.239. The lowest BCUT2D eigenvalue weighted by Crippen LogP contribution is -2.40. The average Bonchev–Trinajstić information content (AvgIpc) is 2.51. The fourth-order valence-corrected chi connectivity index (χ4v) is 2.53. The molecule has 0 spiro atoms. The topological polar surface area (TPSA) is 79.8 Å². The van der Waals surface area contributed by atoms with E-state index >= 15 is 0 Å². The summed E-state index contributed by atoms with van der Waals surface area (Å²) in [6.07, 6.45) is 3.87. The molecular formula is C14H22N4O3. The van der Waals surface area contributed by atoms with E-state index in [0.717, 1.165) is 35.1 Å². The molecule has 21 heavy (non-hydrogen) atoms. The zero-order valence-electron chi connectivity index (χ0n) is 12.8. The molecule has 0 saturated carbocycles. The second-order valence-electron chi connectivity index (χ2n) is 5.32. The van der Waals surface area contributed by atoms with Crippen LogP contribution in [0.4, 0.5) is 0 Å². The van der Waals surface area contributed by atoms with Crippen LogP contribution in [0.5, 0.6) is 5.88 Å². The minimum absolute atomic E-state index is 0.118. The van der Waals surface area contributed by atoms with Crippen LogP contribution in [0.25, 0.3) is 0 Å². The van der Waals surface area contributed by atoms with E-state index in [1.165, 1.54) is 20.5 Å². The van der Waals surface area contributed by atoms with Gasteiger partial charge in [0.25, 0.3) is 5.56 Å². The van der Waals surface area contributed by atoms with Gasteiger partial charge in [-0.15, -0.1) is 0 Å². The molecule has 0 radical (unpaired) electrons. The van der Waals surface area contributed by atoms with E-state index in [9.17, 15) is 14.7 Å². The summed E-state index contributed by atoms with van der Waals surface area (Å²) in [6, 6.07) is 0. The maximum absolute atomic E-state index is 12.3. The molecule has 116 valence electrons. The Kier molecular flexibility index (Phi) is 4.50. The Hall–Kier alpha value is -2.05. The highest BCUT2D eigenvalue weighted by Gasteiger charge is 2.20. The molecular weight excluding hydrogens is 272 g/mol. The molecule has 1 aromatic rings. The van der Waals surface area contributed by atoms with Gasteiger partial charge < -0.3 is 5.11 Å². The highest BCUT2D eigenvalue weighted by atomic mass is 16.3. The van der Waals surface area contributed by atoms with Gasteiger partial charge in [0.15, 0.2) is 0 Å². The summed E-state index contributed by atoms with van der Waals surface area (Å²) in [5, 5.41) is 16.6. The molecule has 0 bridgehead atoms. The summed E-state index contributed by atoms with van der Waals surface area (Å²) in [5.41, 5.74) is -0.416. The van der Waals surface area contributed by atoms with Gasteiger partial charge >= 0.3 is 5.69 Å². The van der Waals surface area contributed by atoms with Crippen molar-refractivity contribution < 1.29 is 5.11 Å². The normalized spacial score (nSPS) is 16.3. The summed E-state index contributed by atoms with van der Waals surface area (Å²) >= 11 is 0. The molecule has 1 saturated heterocycles. The van der Waals surface area contributed by atoms with Gasteiger partial charge in [-0.2, -0.15) is 5.10 Å². The first-order chi connectivity index (χ1) is 9.97. The SMILES string of the molecule is CCC(=NN1CCCCC1)c1c(O)n(C)c(=O)n(C)c1=O. The molecule has 2 rings (SSSR count). The Morgan fingerprint density at radius 3 is 2.33 bits per heavy atom. The Morgan fingerprint density at radius 2 is 1.76 bits per heavy atom. The van der Waals surface area contributed by atoms with Crippen LogP contribution in [-0.4, -0.2) is 38.1 Å². The molecule has 0 aromatic carbocycles. The predicted molar refractivity (Wildman–Crippen MR) is 80.8 cm³/mol. The Labute approximate surface area is 123 Å². The number of hydrogen-bond donors (Lipinski definition) is 1. The largest absolute Gasteiger partial charge is 0.494 e. The van der Waals surface area contributed by atoms with Crippen molar-refractivity contribution in [3.8, 4) is 5.88 Å². The molecule has 7 nitrogen and oxygen atoms in total. The van der Waals surface area contributed by atoms with Crippen LogP contribution in [-0.2, 0) is 14.1 Å².